The molecule has 1 aliphatic heterocycles. The highest BCUT2D eigenvalue weighted by molar-refractivity contribution is 6.06. The van der Waals surface area contributed by atoms with E-state index in [1.807, 2.05) is 18.2 Å². The van der Waals surface area contributed by atoms with Crippen LogP contribution >= 0.6 is 0 Å². The molecule has 1 aromatic heterocycles. The number of carbonyl (C=O) groups excluding carboxylic acids is 1. The Labute approximate surface area is 165 Å². The molecule has 2 heterocycles. The predicted octanol–water partition coefficient (Wildman–Crippen LogP) is 3.34. The van der Waals surface area contributed by atoms with Crippen molar-refractivity contribution in [3.8, 4) is 0 Å². The molecule has 6 nitrogen and oxygen atoms in total. The third-order valence-electron chi connectivity index (χ3n) is 5.47. The van der Waals surface area contributed by atoms with E-state index in [1.165, 1.54) is 16.6 Å². The van der Waals surface area contributed by atoms with E-state index < -0.39 is 0 Å². The van der Waals surface area contributed by atoms with Crippen molar-refractivity contribution < 1.29 is 9.53 Å². The molecule has 1 aromatic carbocycles. The van der Waals surface area contributed by atoms with Crippen LogP contribution in [-0.4, -0.2) is 48.6 Å². The number of amides is 1. The summed E-state index contributed by atoms with van der Waals surface area (Å²) in [6, 6.07) is 6.23. The molecule has 1 fully saturated rings. The molecule has 1 aliphatic carbocycles. The highest BCUT2D eigenvalue weighted by atomic mass is 16.5. The van der Waals surface area contributed by atoms with Crippen molar-refractivity contribution in [1.82, 2.24) is 14.8 Å². The first-order valence-electron chi connectivity index (χ1n) is 9.71. The SMILES string of the molecule is CN(C)C(=N)NC(=O)c1ccc2c3c(n(C4CCOCC4)c2c1)C=CC=CC3. The van der Waals surface area contributed by atoms with Crippen molar-refractivity contribution in [2.75, 3.05) is 27.3 Å². The van der Waals surface area contributed by atoms with Crippen LogP contribution in [0.3, 0.4) is 0 Å². The normalized spacial score (nSPS) is 16.6. The van der Waals surface area contributed by atoms with E-state index in [2.05, 4.69) is 34.2 Å². The van der Waals surface area contributed by atoms with Gasteiger partial charge in [0.15, 0.2) is 5.96 Å². The van der Waals surface area contributed by atoms with Gasteiger partial charge in [0.25, 0.3) is 5.91 Å². The van der Waals surface area contributed by atoms with Crippen LogP contribution in [0.2, 0.25) is 0 Å². The number of fused-ring (bicyclic) bond motifs is 3. The number of guanidine groups is 1. The van der Waals surface area contributed by atoms with Gasteiger partial charge in [-0.1, -0.05) is 24.3 Å². The minimum Gasteiger partial charge on any atom is -0.381 e. The number of nitrogens with one attached hydrogen (secondary N) is 2. The van der Waals surface area contributed by atoms with Gasteiger partial charge in [0.05, 0.1) is 0 Å². The summed E-state index contributed by atoms with van der Waals surface area (Å²) in [5, 5.41) is 11.7. The zero-order valence-corrected chi connectivity index (χ0v) is 16.4. The smallest absolute Gasteiger partial charge is 0.258 e. The highest BCUT2D eigenvalue weighted by Crippen LogP contribution is 2.36. The van der Waals surface area contributed by atoms with Gasteiger partial charge in [-0.15, -0.1) is 0 Å². The number of nitrogens with zero attached hydrogens (tertiary/aromatic N) is 2. The average Bonchev–Trinajstić information content (AvgIpc) is 2.83. The van der Waals surface area contributed by atoms with E-state index in [0.29, 0.717) is 11.6 Å². The third-order valence-corrected chi connectivity index (χ3v) is 5.47. The molecule has 2 aromatic rings. The maximum atomic E-state index is 12.7. The van der Waals surface area contributed by atoms with Crippen molar-refractivity contribution in [2.45, 2.75) is 25.3 Å². The predicted molar refractivity (Wildman–Crippen MR) is 112 cm³/mol. The molecule has 0 bridgehead atoms. The molecule has 0 radical (unpaired) electrons. The molecular weight excluding hydrogens is 352 g/mol. The minimum absolute atomic E-state index is 0.0776. The Balaban J connectivity index is 1.81. The summed E-state index contributed by atoms with van der Waals surface area (Å²) in [7, 11) is 3.47. The molecule has 2 aliphatic rings. The average molecular weight is 378 g/mol. The number of hydrogen-bond donors (Lipinski definition) is 2. The summed E-state index contributed by atoms with van der Waals surface area (Å²) in [5.41, 5.74) is 4.19. The van der Waals surface area contributed by atoms with Crippen molar-refractivity contribution in [3.63, 3.8) is 0 Å². The van der Waals surface area contributed by atoms with Crippen LogP contribution < -0.4 is 5.32 Å². The van der Waals surface area contributed by atoms with Gasteiger partial charge in [-0.3, -0.25) is 15.5 Å². The first-order chi connectivity index (χ1) is 13.6. The zero-order chi connectivity index (χ0) is 19.7. The summed E-state index contributed by atoms with van der Waals surface area (Å²) in [5.74, 6) is -0.181. The number of allylic oxidation sites excluding steroid dienone is 3. The van der Waals surface area contributed by atoms with Gasteiger partial charge in [-0.2, -0.15) is 0 Å². The number of rotatable bonds is 2. The highest BCUT2D eigenvalue weighted by Gasteiger charge is 2.24. The van der Waals surface area contributed by atoms with Gasteiger partial charge in [0.1, 0.15) is 0 Å². The maximum Gasteiger partial charge on any atom is 0.258 e. The van der Waals surface area contributed by atoms with Gasteiger partial charge >= 0.3 is 0 Å². The van der Waals surface area contributed by atoms with Crippen LogP contribution in [0.5, 0.6) is 0 Å². The lowest BCUT2D eigenvalue weighted by Gasteiger charge is -2.26. The summed E-state index contributed by atoms with van der Waals surface area (Å²) >= 11 is 0. The molecule has 1 amide bonds. The van der Waals surface area contributed by atoms with Gasteiger partial charge in [0.2, 0.25) is 0 Å². The van der Waals surface area contributed by atoms with E-state index in [-0.39, 0.29) is 11.9 Å². The van der Waals surface area contributed by atoms with Crippen molar-refractivity contribution in [2.24, 2.45) is 0 Å². The number of benzene rings is 1. The Morgan fingerprint density at radius 3 is 2.79 bits per heavy atom. The molecule has 28 heavy (non-hydrogen) atoms. The Kier molecular flexibility index (Phi) is 5.05. The molecule has 0 spiro atoms. The monoisotopic (exact) mass is 378 g/mol. The summed E-state index contributed by atoms with van der Waals surface area (Å²) in [6.07, 6.45) is 11.4. The number of ether oxygens (including phenoxy) is 1. The molecule has 1 saturated heterocycles. The van der Waals surface area contributed by atoms with Crippen LogP contribution in [0.1, 0.15) is 40.5 Å². The van der Waals surface area contributed by atoms with E-state index in [9.17, 15) is 4.79 Å². The second-order valence-electron chi connectivity index (χ2n) is 7.50. The van der Waals surface area contributed by atoms with E-state index in [1.54, 1.807) is 19.0 Å². The summed E-state index contributed by atoms with van der Waals surface area (Å²) in [4.78, 5) is 14.2. The Hall–Kier alpha value is -2.86. The minimum atomic E-state index is -0.258. The lowest BCUT2D eigenvalue weighted by Crippen LogP contribution is -2.39. The second kappa shape index (κ2) is 7.64. The number of hydrogen-bond acceptors (Lipinski definition) is 3. The van der Waals surface area contributed by atoms with Crippen molar-refractivity contribution >= 4 is 28.8 Å². The summed E-state index contributed by atoms with van der Waals surface area (Å²) in [6.45, 7) is 1.53. The molecular formula is C22H26N4O2. The fourth-order valence-electron chi connectivity index (χ4n) is 3.98. The van der Waals surface area contributed by atoms with Crippen LogP contribution in [0, 0.1) is 5.41 Å². The lowest BCUT2D eigenvalue weighted by atomic mass is 10.1. The molecule has 0 unspecified atom stereocenters. The third kappa shape index (κ3) is 3.36. The van der Waals surface area contributed by atoms with E-state index in [4.69, 9.17) is 10.1 Å². The molecule has 0 atom stereocenters. The van der Waals surface area contributed by atoms with E-state index in [0.717, 1.165) is 38.0 Å². The Morgan fingerprint density at radius 1 is 1.25 bits per heavy atom. The molecule has 2 N–H and O–H groups in total. The Morgan fingerprint density at radius 2 is 2.04 bits per heavy atom. The molecule has 6 heteroatoms. The van der Waals surface area contributed by atoms with Gasteiger partial charge in [0, 0.05) is 55.5 Å². The number of aromatic nitrogens is 1. The summed E-state index contributed by atoms with van der Waals surface area (Å²) < 4.78 is 7.96. The fourth-order valence-corrected chi connectivity index (χ4v) is 3.98. The largest absolute Gasteiger partial charge is 0.381 e. The second-order valence-corrected chi connectivity index (χ2v) is 7.50. The first-order valence-corrected chi connectivity index (χ1v) is 9.71. The van der Waals surface area contributed by atoms with Crippen LogP contribution in [0.4, 0.5) is 0 Å². The molecule has 146 valence electrons. The lowest BCUT2D eigenvalue weighted by molar-refractivity contribution is 0.0705. The van der Waals surface area contributed by atoms with Gasteiger partial charge < -0.3 is 14.2 Å². The maximum absolute atomic E-state index is 12.7. The van der Waals surface area contributed by atoms with Crippen molar-refractivity contribution in [1.29, 1.82) is 5.41 Å². The quantitative estimate of drug-likeness (QED) is 0.622. The topological polar surface area (TPSA) is 70.4 Å². The van der Waals surface area contributed by atoms with Gasteiger partial charge in [-0.05, 0) is 43.0 Å². The fraction of sp³-hybridized carbons (Fsp3) is 0.364. The van der Waals surface area contributed by atoms with Crippen LogP contribution in [0.25, 0.3) is 17.0 Å². The van der Waals surface area contributed by atoms with Crippen LogP contribution in [0.15, 0.2) is 36.4 Å². The number of carbonyl (C=O) groups is 1. The standard InChI is InChI=1S/C22H26N4O2/c1-25(2)22(23)24-21(27)15-8-9-18-17-6-4-3-5-7-19(17)26(20(18)14-15)16-10-12-28-13-11-16/h3-5,7-9,14,16H,6,10-13H2,1-2H3,(H2,23,24,27). The van der Waals surface area contributed by atoms with Crippen LogP contribution in [-0.2, 0) is 11.2 Å². The zero-order valence-electron chi connectivity index (χ0n) is 16.4. The Bertz CT molecular complexity index is 978. The van der Waals surface area contributed by atoms with E-state index >= 15 is 0 Å². The van der Waals surface area contributed by atoms with Gasteiger partial charge in [-0.25, -0.2) is 0 Å². The first kappa shape index (κ1) is 18.5. The molecule has 0 saturated carbocycles. The molecule has 4 rings (SSSR count). The van der Waals surface area contributed by atoms with Crippen molar-refractivity contribution in [3.05, 3.63) is 53.2 Å².